The molecular formula is C12H15BrN6O2. The van der Waals surface area contributed by atoms with E-state index >= 15 is 0 Å². The van der Waals surface area contributed by atoms with Crippen molar-refractivity contribution in [2.75, 3.05) is 5.73 Å². The number of anilines is 1. The maximum Gasteiger partial charge on any atom is 0.404 e. The fourth-order valence-electron chi connectivity index (χ4n) is 2.85. The molecule has 2 heterocycles. The number of halogens is 1. The van der Waals surface area contributed by atoms with Gasteiger partial charge in [-0.05, 0) is 41.6 Å². The Hall–Kier alpha value is -1.90. The van der Waals surface area contributed by atoms with Crippen molar-refractivity contribution in [3.8, 4) is 0 Å². The van der Waals surface area contributed by atoms with Crippen molar-refractivity contribution in [1.82, 2.24) is 25.1 Å². The Morgan fingerprint density at radius 2 is 2.10 bits per heavy atom. The molecule has 4 N–H and O–H groups in total. The molecule has 1 aliphatic carbocycles. The molecule has 0 spiro atoms. The van der Waals surface area contributed by atoms with Crippen LogP contribution in [0.1, 0.15) is 31.7 Å². The third kappa shape index (κ3) is 2.65. The summed E-state index contributed by atoms with van der Waals surface area (Å²) in [6.45, 7) is 0. The summed E-state index contributed by atoms with van der Waals surface area (Å²) >= 11 is 3.40. The van der Waals surface area contributed by atoms with Gasteiger partial charge in [0.2, 0.25) is 0 Å². The molecule has 21 heavy (non-hydrogen) atoms. The highest BCUT2D eigenvalue weighted by atomic mass is 79.9. The van der Waals surface area contributed by atoms with Crippen LogP contribution in [0.4, 0.5) is 10.6 Å². The molecule has 1 fully saturated rings. The van der Waals surface area contributed by atoms with Crippen LogP contribution in [-0.4, -0.2) is 37.0 Å². The van der Waals surface area contributed by atoms with E-state index in [1.54, 1.807) is 0 Å². The van der Waals surface area contributed by atoms with Crippen LogP contribution in [0.2, 0.25) is 0 Å². The molecule has 0 bridgehead atoms. The molecular weight excluding hydrogens is 340 g/mol. The largest absolute Gasteiger partial charge is 0.465 e. The minimum atomic E-state index is -0.966. The number of hydrogen-bond donors (Lipinski definition) is 3. The Morgan fingerprint density at radius 1 is 1.38 bits per heavy atom. The number of nitrogen functional groups attached to an aromatic ring is 1. The fourth-order valence-corrected chi connectivity index (χ4v) is 3.40. The topological polar surface area (TPSA) is 119 Å². The number of rotatable bonds is 2. The zero-order valence-corrected chi connectivity index (χ0v) is 12.7. The standard InChI is InChI=1S/C12H15BrN6O2/c13-9-8-10(14)15-5-16-11(8)19(18-9)7-3-1-6(2-4-7)17-12(20)21/h5-7,17H,1-4H2,(H,20,21)(H2,14,15,16). The van der Waals surface area contributed by atoms with Gasteiger partial charge in [0.05, 0.1) is 11.4 Å². The van der Waals surface area contributed by atoms with Gasteiger partial charge in [-0.25, -0.2) is 19.4 Å². The van der Waals surface area contributed by atoms with Crippen molar-refractivity contribution in [3.63, 3.8) is 0 Å². The van der Waals surface area contributed by atoms with E-state index in [2.05, 4.69) is 36.3 Å². The fraction of sp³-hybridized carbons (Fsp3) is 0.500. The Morgan fingerprint density at radius 3 is 2.76 bits per heavy atom. The number of carboxylic acid groups (broad SMARTS) is 1. The van der Waals surface area contributed by atoms with Crippen molar-refractivity contribution in [1.29, 1.82) is 0 Å². The number of nitrogens with zero attached hydrogens (tertiary/aromatic N) is 4. The molecule has 1 amide bonds. The van der Waals surface area contributed by atoms with Gasteiger partial charge in [-0.15, -0.1) is 0 Å². The molecule has 1 aliphatic rings. The summed E-state index contributed by atoms with van der Waals surface area (Å²) in [5.41, 5.74) is 6.58. The van der Waals surface area contributed by atoms with Gasteiger partial charge in [0.15, 0.2) is 5.65 Å². The number of aromatic nitrogens is 4. The lowest BCUT2D eigenvalue weighted by molar-refractivity contribution is 0.182. The molecule has 0 aliphatic heterocycles. The molecule has 0 aromatic carbocycles. The molecule has 3 rings (SSSR count). The van der Waals surface area contributed by atoms with E-state index < -0.39 is 6.09 Å². The number of carbonyl (C=O) groups is 1. The van der Waals surface area contributed by atoms with Crippen LogP contribution in [0.25, 0.3) is 11.0 Å². The number of nitrogens with one attached hydrogen (secondary N) is 1. The number of amides is 1. The molecule has 0 radical (unpaired) electrons. The Kier molecular flexibility index (Phi) is 3.66. The van der Waals surface area contributed by atoms with Gasteiger partial charge in [-0.2, -0.15) is 5.10 Å². The quantitative estimate of drug-likeness (QED) is 0.757. The van der Waals surface area contributed by atoms with Gasteiger partial charge in [-0.3, -0.25) is 0 Å². The Labute approximate surface area is 128 Å². The molecule has 112 valence electrons. The Bertz CT molecular complexity index is 680. The molecule has 1 saturated carbocycles. The summed E-state index contributed by atoms with van der Waals surface area (Å²) in [5, 5.41) is 16.5. The smallest absolute Gasteiger partial charge is 0.404 e. The first kappa shape index (κ1) is 14.1. The average Bonchev–Trinajstić information content (AvgIpc) is 2.78. The number of hydrogen-bond acceptors (Lipinski definition) is 5. The lowest BCUT2D eigenvalue weighted by atomic mass is 9.91. The lowest BCUT2D eigenvalue weighted by Crippen LogP contribution is -2.37. The zero-order chi connectivity index (χ0) is 15.0. The summed E-state index contributed by atoms with van der Waals surface area (Å²) in [7, 11) is 0. The number of fused-ring (bicyclic) bond motifs is 1. The third-order valence-corrected chi connectivity index (χ3v) is 4.40. The van der Waals surface area contributed by atoms with E-state index in [0.29, 0.717) is 16.1 Å². The highest BCUT2D eigenvalue weighted by Gasteiger charge is 2.26. The molecule has 2 aromatic rings. The van der Waals surface area contributed by atoms with Gasteiger partial charge in [0, 0.05) is 6.04 Å². The van der Waals surface area contributed by atoms with Crippen LogP contribution in [0.15, 0.2) is 10.9 Å². The minimum absolute atomic E-state index is 0.0173. The average molecular weight is 355 g/mol. The molecule has 0 atom stereocenters. The van der Waals surface area contributed by atoms with Gasteiger partial charge in [0.25, 0.3) is 0 Å². The van der Waals surface area contributed by atoms with Gasteiger partial charge < -0.3 is 16.2 Å². The van der Waals surface area contributed by atoms with Crippen molar-refractivity contribution < 1.29 is 9.90 Å². The summed E-state index contributed by atoms with van der Waals surface area (Å²) in [6, 6.07) is 0.212. The zero-order valence-electron chi connectivity index (χ0n) is 11.2. The second kappa shape index (κ2) is 5.47. The summed E-state index contributed by atoms with van der Waals surface area (Å²) < 4.78 is 2.51. The van der Waals surface area contributed by atoms with E-state index in [1.807, 2.05) is 4.68 Å². The minimum Gasteiger partial charge on any atom is -0.465 e. The first-order valence-electron chi connectivity index (χ1n) is 6.70. The predicted molar refractivity (Wildman–Crippen MR) is 79.9 cm³/mol. The van der Waals surface area contributed by atoms with Gasteiger partial charge >= 0.3 is 6.09 Å². The first-order valence-corrected chi connectivity index (χ1v) is 7.49. The molecule has 0 saturated heterocycles. The maximum absolute atomic E-state index is 10.7. The van der Waals surface area contributed by atoms with E-state index in [4.69, 9.17) is 10.8 Å². The van der Waals surface area contributed by atoms with Crippen LogP contribution >= 0.6 is 15.9 Å². The predicted octanol–water partition coefficient (Wildman–Crippen LogP) is 1.92. The maximum atomic E-state index is 10.7. The summed E-state index contributed by atoms with van der Waals surface area (Å²) in [6.07, 6.45) is 3.73. The number of nitrogens with two attached hydrogens (primary N) is 1. The molecule has 9 heteroatoms. The SMILES string of the molecule is Nc1ncnc2c1c(Br)nn2C1CCC(NC(=O)O)CC1. The highest BCUT2D eigenvalue weighted by Crippen LogP contribution is 2.33. The van der Waals surface area contributed by atoms with E-state index in [1.165, 1.54) is 6.33 Å². The van der Waals surface area contributed by atoms with Crippen LogP contribution < -0.4 is 11.1 Å². The highest BCUT2D eigenvalue weighted by molar-refractivity contribution is 9.10. The van der Waals surface area contributed by atoms with Crippen LogP contribution in [-0.2, 0) is 0 Å². The second-order valence-corrected chi connectivity index (χ2v) is 5.90. The molecule has 2 aromatic heterocycles. The summed E-state index contributed by atoms with van der Waals surface area (Å²) in [5.74, 6) is 0.402. The third-order valence-electron chi connectivity index (χ3n) is 3.85. The van der Waals surface area contributed by atoms with Crippen LogP contribution in [0.5, 0.6) is 0 Å². The van der Waals surface area contributed by atoms with Gasteiger partial charge in [0.1, 0.15) is 16.7 Å². The first-order chi connectivity index (χ1) is 10.1. The monoisotopic (exact) mass is 354 g/mol. The Balaban J connectivity index is 1.83. The van der Waals surface area contributed by atoms with Crippen molar-refractivity contribution in [3.05, 3.63) is 10.9 Å². The van der Waals surface area contributed by atoms with Crippen LogP contribution in [0.3, 0.4) is 0 Å². The molecule has 8 nitrogen and oxygen atoms in total. The summed E-state index contributed by atoms with van der Waals surface area (Å²) in [4.78, 5) is 18.9. The van der Waals surface area contributed by atoms with Crippen molar-refractivity contribution >= 4 is 38.9 Å². The second-order valence-electron chi connectivity index (χ2n) is 5.15. The lowest BCUT2D eigenvalue weighted by Gasteiger charge is -2.28. The van der Waals surface area contributed by atoms with E-state index in [-0.39, 0.29) is 12.1 Å². The van der Waals surface area contributed by atoms with Crippen LogP contribution in [0, 0.1) is 0 Å². The van der Waals surface area contributed by atoms with Crippen molar-refractivity contribution in [2.24, 2.45) is 0 Å². The van der Waals surface area contributed by atoms with Crippen molar-refractivity contribution in [2.45, 2.75) is 37.8 Å². The van der Waals surface area contributed by atoms with E-state index in [9.17, 15) is 4.79 Å². The molecule has 0 unspecified atom stereocenters. The normalized spacial score (nSPS) is 22.3. The van der Waals surface area contributed by atoms with E-state index in [0.717, 1.165) is 31.1 Å². The van der Waals surface area contributed by atoms with Gasteiger partial charge in [-0.1, -0.05) is 0 Å².